The number of rotatable bonds is 5. The standard InChI is InChI=1S/C12H20S/c1-7-11(6)12(8-9(2)3)13-10(4)5/h10,12H,1-2,8H2,3-6H3. The molecule has 0 radical (unpaired) electrons. The molecule has 0 aromatic rings. The summed E-state index contributed by atoms with van der Waals surface area (Å²) in [5, 5.41) is 1.16. The first-order valence-corrected chi connectivity index (χ1v) is 5.58. The van der Waals surface area contributed by atoms with Crippen molar-refractivity contribution in [1.82, 2.24) is 0 Å². The normalized spacial score (nSPS) is 12.4. The smallest absolute Gasteiger partial charge is 0.0368 e. The van der Waals surface area contributed by atoms with Crippen molar-refractivity contribution in [1.29, 1.82) is 0 Å². The predicted molar refractivity (Wildman–Crippen MR) is 64.3 cm³/mol. The van der Waals surface area contributed by atoms with Crippen molar-refractivity contribution in [3.8, 4) is 0 Å². The molecule has 0 spiro atoms. The summed E-state index contributed by atoms with van der Waals surface area (Å²) in [5.74, 6) is 0. The highest BCUT2D eigenvalue weighted by Gasteiger charge is 2.12. The summed E-state index contributed by atoms with van der Waals surface area (Å²) in [7, 11) is 0. The third kappa shape index (κ3) is 5.79. The van der Waals surface area contributed by atoms with Crippen LogP contribution in [0.25, 0.3) is 0 Å². The molecule has 0 bridgehead atoms. The van der Waals surface area contributed by atoms with Gasteiger partial charge in [0.05, 0.1) is 0 Å². The van der Waals surface area contributed by atoms with E-state index in [0.29, 0.717) is 10.5 Å². The van der Waals surface area contributed by atoms with E-state index in [1.54, 1.807) is 0 Å². The van der Waals surface area contributed by atoms with E-state index in [2.05, 4.69) is 46.6 Å². The first-order chi connectivity index (χ1) is 5.97. The summed E-state index contributed by atoms with van der Waals surface area (Å²) in [4.78, 5) is 0. The maximum Gasteiger partial charge on any atom is 0.0368 e. The van der Waals surface area contributed by atoms with Gasteiger partial charge in [0.15, 0.2) is 0 Å². The monoisotopic (exact) mass is 196 g/mol. The Morgan fingerprint density at radius 1 is 1.38 bits per heavy atom. The highest BCUT2D eigenvalue weighted by atomic mass is 32.2. The van der Waals surface area contributed by atoms with E-state index in [1.807, 2.05) is 11.8 Å². The second-order valence-corrected chi connectivity index (χ2v) is 5.48. The number of hydrogen-bond acceptors (Lipinski definition) is 1. The van der Waals surface area contributed by atoms with Crippen molar-refractivity contribution < 1.29 is 0 Å². The van der Waals surface area contributed by atoms with Crippen molar-refractivity contribution in [2.45, 2.75) is 44.6 Å². The maximum absolute atomic E-state index is 3.94. The molecule has 0 rings (SSSR count). The Morgan fingerprint density at radius 2 is 1.92 bits per heavy atom. The van der Waals surface area contributed by atoms with E-state index < -0.39 is 0 Å². The molecule has 1 unspecified atom stereocenters. The summed E-state index contributed by atoms with van der Waals surface area (Å²) in [6, 6.07) is 0. The van der Waals surface area contributed by atoms with Crippen LogP contribution in [-0.4, -0.2) is 10.5 Å². The second kappa shape index (κ2) is 6.12. The summed E-state index contributed by atoms with van der Waals surface area (Å²) in [5.41, 5.74) is 5.45. The molecule has 0 saturated carbocycles. The van der Waals surface area contributed by atoms with Crippen molar-refractivity contribution in [3.05, 3.63) is 30.0 Å². The third-order valence-corrected chi connectivity index (χ3v) is 3.13. The Balaban J connectivity index is 4.36. The van der Waals surface area contributed by atoms with Gasteiger partial charge >= 0.3 is 0 Å². The zero-order chi connectivity index (χ0) is 10.4. The minimum atomic E-state index is 0.509. The molecule has 0 aromatic carbocycles. The largest absolute Gasteiger partial charge is 0.150 e. The third-order valence-electron chi connectivity index (χ3n) is 1.73. The lowest BCUT2D eigenvalue weighted by atomic mass is 10.1. The Kier molecular flexibility index (Phi) is 5.94. The summed E-state index contributed by atoms with van der Waals surface area (Å²) >= 11 is 1.96. The minimum absolute atomic E-state index is 0.509. The summed E-state index contributed by atoms with van der Waals surface area (Å²) in [6.07, 6.45) is 1.04. The fourth-order valence-corrected chi connectivity index (χ4v) is 2.39. The van der Waals surface area contributed by atoms with E-state index in [4.69, 9.17) is 0 Å². The van der Waals surface area contributed by atoms with Gasteiger partial charge in [-0.1, -0.05) is 26.0 Å². The Hall–Kier alpha value is -0.390. The van der Waals surface area contributed by atoms with E-state index in [-0.39, 0.29) is 0 Å². The highest BCUT2D eigenvalue weighted by molar-refractivity contribution is 8.00. The van der Waals surface area contributed by atoms with E-state index >= 15 is 0 Å². The van der Waals surface area contributed by atoms with Crippen molar-refractivity contribution >= 4 is 11.8 Å². The molecule has 0 fully saturated rings. The van der Waals surface area contributed by atoms with Crippen LogP contribution in [0.3, 0.4) is 0 Å². The molecular formula is C12H20S. The van der Waals surface area contributed by atoms with Gasteiger partial charge in [-0.25, -0.2) is 0 Å². The van der Waals surface area contributed by atoms with Crippen LogP contribution in [0.5, 0.6) is 0 Å². The molecule has 13 heavy (non-hydrogen) atoms. The Labute approximate surface area is 86.8 Å². The van der Waals surface area contributed by atoms with Gasteiger partial charge in [0.25, 0.3) is 0 Å². The number of allylic oxidation sites excluding steroid dienone is 1. The first-order valence-electron chi connectivity index (χ1n) is 4.63. The van der Waals surface area contributed by atoms with Crippen LogP contribution in [-0.2, 0) is 0 Å². The van der Waals surface area contributed by atoms with Crippen LogP contribution in [0.15, 0.2) is 30.0 Å². The van der Waals surface area contributed by atoms with Crippen molar-refractivity contribution in [2.24, 2.45) is 0 Å². The zero-order valence-electron chi connectivity index (χ0n) is 9.18. The van der Waals surface area contributed by atoms with Crippen LogP contribution in [0.4, 0.5) is 0 Å². The van der Waals surface area contributed by atoms with Crippen LogP contribution >= 0.6 is 11.8 Å². The molecule has 0 amide bonds. The molecule has 0 aromatic heterocycles. The van der Waals surface area contributed by atoms with E-state index in [1.165, 1.54) is 11.1 Å². The van der Waals surface area contributed by atoms with Gasteiger partial charge in [-0.15, -0.1) is 12.3 Å². The fourth-order valence-electron chi connectivity index (χ4n) is 1.06. The quantitative estimate of drug-likeness (QED) is 0.469. The second-order valence-electron chi connectivity index (χ2n) is 3.69. The molecule has 0 nitrogen and oxygen atoms in total. The highest BCUT2D eigenvalue weighted by Crippen LogP contribution is 2.27. The van der Waals surface area contributed by atoms with E-state index in [0.717, 1.165) is 6.42 Å². The molecule has 0 aliphatic rings. The lowest BCUT2D eigenvalue weighted by Gasteiger charge is -2.18. The van der Waals surface area contributed by atoms with Crippen LogP contribution in [0, 0.1) is 0 Å². The Morgan fingerprint density at radius 3 is 2.23 bits per heavy atom. The molecule has 0 aliphatic heterocycles. The maximum atomic E-state index is 3.94. The lowest BCUT2D eigenvalue weighted by molar-refractivity contribution is 0.937. The van der Waals surface area contributed by atoms with Gasteiger partial charge in [-0.05, 0) is 31.1 Å². The Bertz CT molecular complexity index is 219. The average Bonchev–Trinajstić information content (AvgIpc) is 2.00. The molecule has 0 N–H and O–H groups in total. The van der Waals surface area contributed by atoms with Crippen LogP contribution in [0.2, 0.25) is 0 Å². The topological polar surface area (TPSA) is 0 Å². The van der Waals surface area contributed by atoms with Crippen LogP contribution in [0.1, 0.15) is 34.1 Å². The number of thioether (sulfide) groups is 1. The number of hydrogen-bond donors (Lipinski definition) is 0. The van der Waals surface area contributed by atoms with Gasteiger partial charge in [-0.2, -0.15) is 11.8 Å². The van der Waals surface area contributed by atoms with Gasteiger partial charge in [-0.3, -0.25) is 0 Å². The van der Waals surface area contributed by atoms with Gasteiger partial charge in [0, 0.05) is 5.25 Å². The first kappa shape index (κ1) is 12.6. The predicted octanol–water partition coefficient (Wildman–Crippen LogP) is 4.19. The van der Waals surface area contributed by atoms with Gasteiger partial charge in [0.2, 0.25) is 0 Å². The van der Waals surface area contributed by atoms with Crippen LogP contribution < -0.4 is 0 Å². The molecule has 74 valence electrons. The molecule has 0 saturated heterocycles. The summed E-state index contributed by atoms with van der Waals surface area (Å²) in [6.45, 7) is 16.2. The van der Waals surface area contributed by atoms with Crippen molar-refractivity contribution in [3.63, 3.8) is 0 Å². The molecule has 0 aliphatic carbocycles. The minimum Gasteiger partial charge on any atom is -0.150 e. The molecular weight excluding hydrogens is 176 g/mol. The van der Waals surface area contributed by atoms with Gasteiger partial charge < -0.3 is 0 Å². The summed E-state index contributed by atoms with van der Waals surface area (Å²) < 4.78 is 0. The fraction of sp³-hybridized carbons (Fsp3) is 0.583. The SMILES string of the molecule is C=C=C(C)C(CC(=C)C)SC(C)C. The van der Waals surface area contributed by atoms with Crippen molar-refractivity contribution in [2.75, 3.05) is 0 Å². The molecule has 0 heterocycles. The van der Waals surface area contributed by atoms with E-state index in [9.17, 15) is 0 Å². The van der Waals surface area contributed by atoms with Gasteiger partial charge in [0.1, 0.15) is 0 Å². The zero-order valence-corrected chi connectivity index (χ0v) is 10.0. The average molecular weight is 196 g/mol. The lowest BCUT2D eigenvalue weighted by Crippen LogP contribution is -2.08. The molecule has 1 atom stereocenters. The molecule has 1 heteroatoms.